The molecule has 0 saturated carbocycles. The van der Waals surface area contributed by atoms with Gasteiger partial charge in [-0.05, 0) is 31.5 Å². The van der Waals surface area contributed by atoms with Gasteiger partial charge < -0.3 is 14.4 Å². The number of benzene rings is 1. The molecule has 0 unspecified atom stereocenters. The summed E-state index contributed by atoms with van der Waals surface area (Å²) in [6, 6.07) is 4.69. The van der Waals surface area contributed by atoms with Crippen molar-refractivity contribution in [2.24, 2.45) is 0 Å². The van der Waals surface area contributed by atoms with Crippen LogP contribution < -0.4 is 4.74 Å². The topological polar surface area (TPSA) is 38.8 Å². The molecule has 1 aromatic carbocycles. The predicted molar refractivity (Wildman–Crippen MR) is 70.5 cm³/mol. The summed E-state index contributed by atoms with van der Waals surface area (Å²) in [5.74, 6) is -0.318. The first-order chi connectivity index (χ1) is 9.12. The molecule has 0 heterocycles. The van der Waals surface area contributed by atoms with Gasteiger partial charge in [0.15, 0.2) is 11.6 Å². The SMILES string of the molecule is CCOCC(=O)N(CC)Cc1ccc(OC)c(F)c1. The van der Waals surface area contributed by atoms with E-state index >= 15 is 0 Å². The Morgan fingerprint density at radius 3 is 2.63 bits per heavy atom. The number of carbonyl (C=O) groups is 1. The van der Waals surface area contributed by atoms with E-state index in [-0.39, 0.29) is 18.3 Å². The number of ether oxygens (including phenoxy) is 2. The molecule has 0 atom stereocenters. The van der Waals surface area contributed by atoms with Crippen LogP contribution in [0.25, 0.3) is 0 Å². The van der Waals surface area contributed by atoms with E-state index in [9.17, 15) is 9.18 Å². The Bertz CT molecular complexity index is 423. The van der Waals surface area contributed by atoms with Gasteiger partial charge in [-0.3, -0.25) is 4.79 Å². The molecule has 1 amide bonds. The van der Waals surface area contributed by atoms with Crippen molar-refractivity contribution in [3.63, 3.8) is 0 Å². The van der Waals surface area contributed by atoms with Gasteiger partial charge in [-0.25, -0.2) is 4.39 Å². The molecule has 0 spiro atoms. The number of carbonyl (C=O) groups excluding carboxylic acids is 1. The largest absolute Gasteiger partial charge is 0.494 e. The second-order valence-corrected chi connectivity index (χ2v) is 4.01. The van der Waals surface area contributed by atoms with Gasteiger partial charge in [-0.2, -0.15) is 0 Å². The summed E-state index contributed by atoms with van der Waals surface area (Å²) < 4.78 is 23.5. The number of methoxy groups -OCH3 is 1. The van der Waals surface area contributed by atoms with Crippen molar-refractivity contribution in [3.05, 3.63) is 29.6 Å². The fourth-order valence-corrected chi connectivity index (χ4v) is 1.69. The van der Waals surface area contributed by atoms with Crippen LogP contribution in [0.3, 0.4) is 0 Å². The van der Waals surface area contributed by atoms with Crippen molar-refractivity contribution < 1.29 is 18.7 Å². The molecule has 1 rings (SSSR count). The summed E-state index contributed by atoms with van der Waals surface area (Å²) >= 11 is 0. The molecular weight excluding hydrogens is 249 g/mol. The van der Waals surface area contributed by atoms with Crippen LogP contribution >= 0.6 is 0 Å². The van der Waals surface area contributed by atoms with Crippen LogP contribution in [0.5, 0.6) is 5.75 Å². The van der Waals surface area contributed by atoms with Crippen molar-refractivity contribution in [2.45, 2.75) is 20.4 Å². The van der Waals surface area contributed by atoms with E-state index in [0.29, 0.717) is 19.7 Å². The number of hydrogen-bond acceptors (Lipinski definition) is 3. The normalized spacial score (nSPS) is 10.3. The lowest BCUT2D eigenvalue weighted by Gasteiger charge is -2.21. The Morgan fingerprint density at radius 1 is 1.37 bits per heavy atom. The molecule has 4 nitrogen and oxygen atoms in total. The van der Waals surface area contributed by atoms with Gasteiger partial charge in [0.2, 0.25) is 5.91 Å². The maximum absolute atomic E-state index is 13.6. The van der Waals surface area contributed by atoms with Crippen LogP contribution in [-0.2, 0) is 16.1 Å². The highest BCUT2D eigenvalue weighted by molar-refractivity contribution is 5.77. The number of amides is 1. The van der Waals surface area contributed by atoms with Crippen molar-refractivity contribution >= 4 is 5.91 Å². The average Bonchev–Trinajstić information content (AvgIpc) is 2.42. The van der Waals surface area contributed by atoms with E-state index < -0.39 is 5.82 Å². The number of likely N-dealkylation sites (N-methyl/N-ethyl adjacent to an activating group) is 1. The third kappa shape index (κ3) is 4.52. The van der Waals surface area contributed by atoms with Crippen LogP contribution in [0.15, 0.2) is 18.2 Å². The predicted octanol–water partition coefficient (Wildman–Crippen LogP) is 2.22. The zero-order valence-corrected chi connectivity index (χ0v) is 11.6. The van der Waals surface area contributed by atoms with Crippen LogP contribution in [0.4, 0.5) is 4.39 Å². The van der Waals surface area contributed by atoms with Gasteiger partial charge in [-0.1, -0.05) is 6.07 Å². The van der Waals surface area contributed by atoms with Crippen LogP contribution in [0, 0.1) is 5.82 Å². The summed E-state index contributed by atoms with van der Waals surface area (Å²) in [5, 5.41) is 0. The summed E-state index contributed by atoms with van der Waals surface area (Å²) in [5.41, 5.74) is 0.727. The Hall–Kier alpha value is -1.62. The first-order valence-electron chi connectivity index (χ1n) is 6.30. The van der Waals surface area contributed by atoms with Gasteiger partial charge in [0.1, 0.15) is 6.61 Å². The monoisotopic (exact) mass is 269 g/mol. The molecule has 0 fully saturated rings. The Labute approximate surface area is 113 Å². The number of rotatable bonds is 7. The van der Waals surface area contributed by atoms with Gasteiger partial charge in [0.25, 0.3) is 0 Å². The van der Waals surface area contributed by atoms with Gasteiger partial charge in [0, 0.05) is 19.7 Å². The average molecular weight is 269 g/mol. The van der Waals surface area contributed by atoms with E-state index in [2.05, 4.69) is 0 Å². The lowest BCUT2D eigenvalue weighted by molar-refractivity contribution is -0.136. The quantitative estimate of drug-likeness (QED) is 0.762. The van der Waals surface area contributed by atoms with E-state index in [1.807, 2.05) is 13.8 Å². The molecule has 19 heavy (non-hydrogen) atoms. The van der Waals surface area contributed by atoms with Crippen molar-refractivity contribution in [2.75, 3.05) is 26.9 Å². The summed E-state index contributed by atoms with van der Waals surface area (Å²) in [6.07, 6.45) is 0. The van der Waals surface area contributed by atoms with Crippen LogP contribution in [0.2, 0.25) is 0 Å². The molecule has 5 heteroatoms. The Balaban J connectivity index is 2.70. The maximum atomic E-state index is 13.6. The summed E-state index contributed by atoms with van der Waals surface area (Å²) in [4.78, 5) is 13.4. The fourth-order valence-electron chi connectivity index (χ4n) is 1.69. The first-order valence-corrected chi connectivity index (χ1v) is 6.30. The minimum atomic E-state index is -0.423. The van der Waals surface area contributed by atoms with Crippen molar-refractivity contribution in [1.29, 1.82) is 0 Å². The highest BCUT2D eigenvalue weighted by atomic mass is 19.1. The van der Waals surface area contributed by atoms with Crippen LogP contribution in [-0.4, -0.2) is 37.7 Å². The number of halogens is 1. The zero-order chi connectivity index (χ0) is 14.3. The van der Waals surface area contributed by atoms with Gasteiger partial charge in [-0.15, -0.1) is 0 Å². The molecule has 0 saturated heterocycles. The third-order valence-corrected chi connectivity index (χ3v) is 2.75. The smallest absolute Gasteiger partial charge is 0.248 e. The molecule has 0 bridgehead atoms. The molecule has 0 aliphatic heterocycles. The molecule has 0 N–H and O–H groups in total. The first kappa shape index (κ1) is 15.4. The molecule has 106 valence electrons. The maximum Gasteiger partial charge on any atom is 0.248 e. The highest BCUT2D eigenvalue weighted by Crippen LogP contribution is 2.18. The van der Waals surface area contributed by atoms with E-state index in [0.717, 1.165) is 5.56 Å². The number of nitrogens with zero attached hydrogens (tertiary/aromatic N) is 1. The minimum Gasteiger partial charge on any atom is -0.494 e. The third-order valence-electron chi connectivity index (χ3n) is 2.75. The van der Waals surface area contributed by atoms with Gasteiger partial charge in [0.05, 0.1) is 7.11 Å². The van der Waals surface area contributed by atoms with E-state index in [4.69, 9.17) is 9.47 Å². The van der Waals surface area contributed by atoms with Crippen molar-refractivity contribution in [1.82, 2.24) is 4.90 Å². The van der Waals surface area contributed by atoms with Crippen LogP contribution in [0.1, 0.15) is 19.4 Å². The van der Waals surface area contributed by atoms with Crippen molar-refractivity contribution in [3.8, 4) is 5.75 Å². The summed E-state index contributed by atoms with van der Waals surface area (Å²) in [6.45, 7) is 5.19. The lowest BCUT2D eigenvalue weighted by Crippen LogP contribution is -2.33. The van der Waals surface area contributed by atoms with E-state index in [1.54, 1.807) is 17.0 Å². The van der Waals surface area contributed by atoms with Gasteiger partial charge >= 0.3 is 0 Å². The van der Waals surface area contributed by atoms with E-state index in [1.165, 1.54) is 13.2 Å². The second kappa shape index (κ2) is 7.74. The summed E-state index contributed by atoms with van der Waals surface area (Å²) in [7, 11) is 1.42. The minimum absolute atomic E-state index is 0.0585. The Kier molecular flexibility index (Phi) is 6.29. The highest BCUT2D eigenvalue weighted by Gasteiger charge is 2.13. The molecule has 0 aliphatic rings. The molecule has 0 radical (unpaired) electrons. The Morgan fingerprint density at radius 2 is 2.11 bits per heavy atom. The standard InChI is InChI=1S/C14H20FNO3/c1-4-16(14(17)10-19-5-2)9-11-6-7-13(18-3)12(15)8-11/h6-8H,4-5,9-10H2,1-3H3. The molecular formula is C14H20FNO3. The molecule has 0 aliphatic carbocycles. The second-order valence-electron chi connectivity index (χ2n) is 4.01. The molecule has 1 aromatic rings. The zero-order valence-electron chi connectivity index (χ0n) is 11.6. The number of hydrogen-bond donors (Lipinski definition) is 0. The fraction of sp³-hybridized carbons (Fsp3) is 0.500. The lowest BCUT2D eigenvalue weighted by atomic mass is 10.2. The molecule has 0 aromatic heterocycles.